The highest BCUT2D eigenvalue weighted by molar-refractivity contribution is 6.35. The molecule has 0 fully saturated rings. The minimum atomic E-state index is -0.425. The molecule has 0 aliphatic heterocycles. The first kappa shape index (κ1) is 11.9. The fourth-order valence-corrected chi connectivity index (χ4v) is 1.59. The summed E-state index contributed by atoms with van der Waals surface area (Å²) in [4.78, 5) is 15.7. The topological polar surface area (TPSA) is 59.8 Å². The fourth-order valence-electron chi connectivity index (χ4n) is 1.25. The van der Waals surface area contributed by atoms with E-state index in [1.807, 2.05) is 0 Å². The molecule has 0 saturated carbocycles. The van der Waals surface area contributed by atoms with Gasteiger partial charge < -0.3 is 5.32 Å². The van der Waals surface area contributed by atoms with E-state index < -0.39 is 5.91 Å². The van der Waals surface area contributed by atoms with Gasteiger partial charge in [0, 0.05) is 13.2 Å². The average molecular weight is 271 g/mol. The first-order valence-electron chi connectivity index (χ1n) is 4.68. The number of amides is 1. The van der Waals surface area contributed by atoms with Crippen LogP contribution in [0.2, 0.25) is 10.2 Å². The van der Waals surface area contributed by atoms with Crippen molar-refractivity contribution >= 4 is 34.8 Å². The van der Waals surface area contributed by atoms with Crippen LogP contribution in [0.3, 0.4) is 0 Å². The molecular formula is C10H8Cl2N4O. The molecular weight excluding hydrogens is 263 g/mol. The lowest BCUT2D eigenvalue weighted by Gasteiger charge is -2.03. The van der Waals surface area contributed by atoms with E-state index in [1.165, 1.54) is 18.3 Å². The Morgan fingerprint density at radius 2 is 2.18 bits per heavy atom. The van der Waals surface area contributed by atoms with Crippen molar-refractivity contribution < 1.29 is 4.79 Å². The van der Waals surface area contributed by atoms with Crippen molar-refractivity contribution in [1.29, 1.82) is 0 Å². The van der Waals surface area contributed by atoms with Gasteiger partial charge in [0.05, 0.1) is 16.9 Å². The van der Waals surface area contributed by atoms with E-state index in [4.69, 9.17) is 23.2 Å². The van der Waals surface area contributed by atoms with Gasteiger partial charge in [-0.1, -0.05) is 23.2 Å². The fraction of sp³-hybridized carbons (Fsp3) is 0.100. The summed E-state index contributed by atoms with van der Waals surface area (Å²) < 4.78 is 1.57. The van der Waals surface area contributed by atoms with Crippen LogP contribution < -0.4 is 5.32 Å². The molecule has 0 radical (unpaired) electrons. The molecule has 1 N–H and O–H groups in total. The van der Waals surface area contributed by atoms with Gasteiger partial charge in [0.15, 0.2) is 0 Å². The van der Waals surface area contributed by atoms with Gasteiger partial charge in [0.25, 0.3) is 5.91 Å². The van der Waals surface area contributed by atoms with E-state index in [2.05, 4.69) is 15.4 Å². The second-order valence-corrected chi connectivity index (χ2v) is 4.12. The second kappa shape index (κ2) is 4.73. The van der Waals surface area contributed by atoms with E-state index in [0.717, 1.165) is 0 Å². The summed E-state index contributed by atoms with van der Waals surface area (Å²) in [5.41, 5.74) is 0.651. The maximum atomic E-state index is 11.8. The van der Waals surface area contributed by atoms with Crippen molar-refractivity contribution in [2.24, 2.45) is 7.05 Å². The Balaban J connectivity index is 2.22. The first-order valence-corrected chi connectivity index (χ1v) is 5.44. The van der Waals surface area contributed by atoms with Gasteiger partial charge in [0.1, 0.15) is 10.8 Å². The number of carbonyl (C=O) groups is 1. The summed E-state index contributed by atoms with van der Waals surface area (Å²) in [5.74, 6) is -0.425. The third kappa shape index (κ3) is 2.75. The molecule has 0 bridgehead atoms. The lowest BCUT2D eigenvalue weighted by atomic mass is 10.3. The lowest BCUT2D eigenvalue weighted by Crippen LogP contribution is -2.14. The summed E-state index contributed by atoms with van der Waals surface area (Å²) in [5, 5.41) is 7.00. The molecule has 0 aliphatic rings. The van der Waals surface area contributed by atoms with Gasteiger partial charge >= 0.3 is 0 Å². The molecule has 5 nitrogen and oxygen atoms in total. The zero-order valence-electron chi connectivity index (χ0n) is 8.82. The van der Waals surface area contributed by atoms with Gasteiger partial charge in [-0.3, -0.25) is 9.48 Å². The number of aryl methyl sites for hydroxylation is 1. The van der Waals surface area contributed by atoms with E-state index in [0.29, 0.717) is 5.69 Å². The number of halogens is 2. The Labute approximate surface area is 107 Å². The largest absolute Gasteiger partial charge is 0.318 e. The molecule has 2 aromatic rings. The summed E-state index contributed by atoms with van der Waals surface area (Å²) in [6, 6.07) is 3.04. The third-order valence-electron chi connectivity index (χ3n) is 1.99. The Morgan fingerprint density at radius 3 is 2.82 bits per heavy atom. The summed E-state index contributed by atoms with van der Waals surface area (Å²) in [6.45, 7) is 0. The molecule has 7 heteroatoms. The number of pyridine rings is 1. The van der Waals surface area contributed by atoms with E-state index in [1.54, 1.807) is 17.9 Å². The standard InChI is InChI=1S/C10H8Cl2N4O/c1-16-5-6(4-13-16)14-10(17)9-7(11)2-3-8(12)15-9/h2-5H,1H3,(H,14,17). The van der Waals surface area contributed by atoms with Gasteiger partial charge in [-0.15, -0.1) is 0 Å². The minimum Gasteiger partial charge on any atom is -0.318 e. The van der Waals surface area contributed by atoms with Crippen molar-refractivity contribution in [3.05, 3.63) is 40.4 Å². The summed E-state index contributed by atoms with van der Waals surface area (Å²) >= 11 is 11.6. The number of anilines is 1. The van der Waals surface area contributed by atoms with Crippen LogP contribution in [0.5, 0.6) is 0 Å². The van der Waals surface area contributed by atoms with Crippen molar-refractivity contribution in [3.8, 4) is 0 Å². The molecule has 2 aromatic heterocycles. The monoisotopic (exact) mass is 270 g/mol. The summed E-state index contributed by atoms with van der Waals surface area (Å²) in [7, 11) is 1.75. The number of rotatable bonds is 2. The van der Waals surface area contributed by atoms with Crippen LogP contribution in [0.15, 0.2) is 24.5 Å². The van der Waals surface area contributed by atoms with Crippen LogP contribution in [0.4, 0.5) is 5.69 Å². The molecule has 0 saturated heterocycles. The molecule has 0 unspecified atom stereocenters. The normalized spacial score (nSPS) is 10.3. The number of nitrogens with zero attached hydrogens (tertiary/aromatic N) is 3. The number of hydrogen-bond donors (Lipinski definition) is 1. The highest BCUT2D eigenvalue weighted by Gasteiger charge is 2.13. The van der Waals surface area contributed by atoms with Crippen molar-refractivity contribution in [2.45, 2.75) is 0 Å². The highest BCUT2D eigenvalue weighted by atomic mass is 35.5. The Bertz CT molecular complexity index is 567. The zero-order chi connectivity index (χ0) is 12.4. The second-order valence-electron chi connectivity index (χ2n) is 3.32. The van der Waals surface area contributed by atoms with Crippen molar-refractivity contribution in [1.82, 2.24) is 14.8 Å². The van der Waals surface area contributed by atoms with Gasteiger partial charge in [-0.2, -0.15) is 5.10 Å². The Morgan fingerprint density at radius 1 is 1.41 bits per heavy atom. The predicted molar refractivity (Wildman–Crippen MR) is 65.4 cm³/mol. The molecule has 0 spiro atoms. The van der Waals surface area contributed by atoms with E-state index in [9.17, 15) is 4.79 Å². The SMILES string of the molecule is Cn1cc(NC(=O)c2nc(Cl)ccc2Cl)cn1. The van der Waals surface area contributed by atoms with Crippen LogP contribution in [0.25, 0.3) is 0 Å². The van der Waals surface area contributed by atoms with E-state index in [-0.39, 0.29) is 15.9 Å². The quantitative estimate of drug-likeness (QED) is 0.853. The molecule has 2 heterocycles. The minimum absolute atomic E-state index is 0.0861. The highest BCUT2D eigenvalue weighted by Crippen LogP contribution is 2.18. The van der Waals surface area contributed by atoms with Crippen LogP contribution in [-0.2, 0) is 7.05 Å². The lowest BCUT2D eigenvalue weighted by molar-refractivity contribution is 0.102. The van der Waals surface area contributed by atoms with Crippen LogP contribution in [0.1, 0.15) is 10.5 Å². The molecule has 88 valence electrons. The van der Waals surface area contributed by atoms with Crippen LogP contribution in [0, 0.1) is 0 Å². The first-order chi connectivity index (χ1) is 8.06. The average Bonchev–Trinajstić information content (AvgIpc) is 2.67. The Kier molecular flexibility index (Phi) is 3.31. The smallest absolute Gasteiger partial charge is 0.275 e. The number of carbonyl (C=O) groups excluding carboxylic acids is 1. The zero-order valence-corrected chi connectivity index (χ0v) is 10.3. The van der Waals surface area contributed by atoms with Crippen molar-refractivity contribution in [2.75, 3.05) is 5.32 Å². The van der Waals surface area contributed by atoms with Gasteiger partial charge in [-0.25, -0.2) is 4.98 Å². The molecule has 0 aromatic carbocycles. The van der Waals surface area contributed by atoms with Gasteiger partial charge in [0.2, 0.25) is 0 Å². The molecule has 17 heavy (non-hydrogen) atoms. The number of hydrogen-bond acceptors (Lipinski definition) is 3. The molecule has 2 rings (SSSR count). The van der Waals surface area contributed by atoms with Crippen LogP contribution in [-0.4, -0.2) is 20.7 Å². The predicted octanol–water partition coefficient (Wildman–Crippen LogP) is 2.37. The van der Waals surface area contributed by atoms with Gasteiger partial charge in [-0.05, 0) is 12.1 Å². The molecule has 0 aliphatic carbocycles. The third-order valence-corrected chi connectivity index (χ3v) is 2.51. The molecule has 1 amide bonds. The Hall–Kier alpha value is -1.59. The van der Waals surface area contributed by atoms with E-state index >= 15 is 0 Å². The number of aromatic nitrogens is 3. The number of nitrogens with one attached hydrogen (secondary N) is 1. The van der Waals surface area contributed by atoms with Crippen molar-refractivity contribution in [3.63, 3.8) is 0 Å². The summed E-state index contributed by atoms with van der Waals surface area (Å²) in [6.07, 6.45) is 3.19. The van der Waals surface area contributed by atoms with Crippen LogP contribution >= 0.6 is 23.2 Å². The molecule has 0 atom stereocenters. The maximum absolute atomic E-state index is 11.8. The maximum Gasteiger partial charge on any atom is 0.275 e.